The number of hydrogen-bond acceptors (Lipinski definition) is 4. The SMILES string of the molecule is CCOC(=O)c1ncc(Cl)cc1-c1ccncc1. The minimum atomic E-state index is -0.457. The summed E-state index contributed by atoms with van der Waals surface area (Å²) in [5, 5.41) is 0.467. The summed E-state index contributed by atoms with van der Waals surface area (Å²) in [6, 6.07) is 5.27. The van der Waals surface area contributed by atoms with Crippen molar-refractivity contribution in [3.05, 3.63) is 47.5 Å². The fourth-order valence-corrected chi connectivity index (χ4v) is 1.71. The Balaban J connectivity index is 2.51. The summed E-state index contributed by atoms with van der Waals surface area (Å²) in [6.07, 6.45) is 4.72. The zero-order valence-corrected chi connectivity index (χ0v) is 10.5. The van der Waals surface area contributed by atoms with Crippen LogP contribution in [-0.4, -0.2) is 22.5 Å². The Labute approximate surface area is 110 Å². The fraction of sp³-hybridized carbons (Fsp3) is 0.154. The van der Waals surface area contributed by atoms with Crippen LogP contribution < -0.4 is 0 Å². The van der Waals surface area contributed by atoms with Gasteiger partial charge in [-0.05, 0) is 30.7 Å². The first-order valence-corrected chi connectivity index (χ1v) is 5.83. The summed E-state index contributed by atoms with van der Waals surface area (Å²) in [7, 11) is 0. The van der Waals surface area contributed by atoms with Crippen LogP contribution in [0.2, 0.25) is 5.02 Å². The van der Waals surface area contributed by atoms with E-state index < -0.39 is 5.97 Å². The number of rotatable bonds is 3. The highest BCUT2D eigenvalue weighted by atomic mass is 35.5. The first-order valence-electron chi connectivity index (χ1n) is 5.45. The normalized spacial score (nSPS) is 10.1. The summed E-state index contributed by atoms with van der Waals surface area (Å²) in [5.74, 6) is -0.457. The lowest BCUT2D eigenvalue weighted by molar-refractivity contribution is 0.0520. The molecule has 2 heterocycles. The van der Waals surface area contributed by atoms with Crippen LogP contribution in [0.1, 0.15) is 17.4 Å². The number of pyridine rings is 2. The standard InChI is InChI=1S/C13H11ClN2O2/c1-2-18-13(17)12-11(7-10(14)8-16-12)9-3-5-15-6-4-9/h3-8H,2H2,1H3. The van der Waals surface area contributed by atoms with E-state index in [0.717, 1.165) is 5.56 Å². The Morgan fingerprint density at radius 3 is 2.78 bits per heavy atom. The lowest BCUT2D eigenvalue weighted by Gasteiger charge is -2.08. The molecule has 0 amide bonds. The Bertz CT molecular complexity index is 558. The van der Waals surface area contributed by atoms with E-state index in [-0.39, 0.29) is 5.69 Å². The molecule has 18 heavy (non-hydrogen) atoms. The summed E-state index contributed by atoms with van der Waals surface area (Å²) in [6.45, 7) is 2.05. The molecule has 0 radical (unpaired) electrons. The van der Waals surface area contributed by atoms with Gasteiger partial charge in [0, 0.05) is 24.2 Å². The zero-order valence-electron chi connectivity index (χ0n) is 9.76. The molecule has 0 spiro atoms. The van der Waals surface area contributed by atoms with Gasteiger partial charge in [0.1, 0.15) is 0 Å². The van der Waals surface area contributed by atoms with Gasteiger partial charge in [-0.1, -0.05) is 11.6 Å². The maximum atomic E-state index is 11.8. The zero-order chi connectivity index (χ0) is 13.0. The van der Waals surface area contributed by atoms with Crippen molar-refractivity contribution in [2.75, 3.05) is 6.61 Å². The molecule has 0 bridgehead atoms. The van der Waals surface area contributed by atoms with Crippen LogP contribution in [-0.2, 0) is 4.74 Å². The van der Waals surface area contributed by atoms with Gasteiger partial charge < -0.3 is 4.74 Å². The van der Waals surface area contributed by atoms with E-state index in [1.54, 1.807) is 37.5 Å². The summed E-state index contributed by atoms with van der Waals surface area (Å²) >= 11 is 5.92. The molecule has 0 saturated carbocycles. The molecular weight excluding hydrogens is 252 g/mol. The van der Waals surface area contributed by atoms with Gasteiger partial charge >= 0.3 is 5.97 Å². The van der Waals surface area contributed by atoms with E-state index in [4.69, 9.17) is 16.3 Å². The second-order valence-corrected chi connectivity index (χ2v) is 3.94. The molecule has 2 rings (SSSR count). The molecule has 4 nitrogen and oxygen atoms in total. The van der Waals surface area contributed by atoms with Crippen LogP contribution in [0.3, 0.4) is 0 Å². The van der Waals surface area contributed by atoms with Crippen molar-refractivity contribution < 1.29 is 9.53 Å². The number of nitrogens with zero attached hydrogens (tertiary/aromatic N) is 2. The Morgan fingerprint density at radius 2 is 2.11 bits per heavy atom. The smallest absolute Gasteiger partial charge is 0.357 e. The fourth-order valence-electron chi connectivity index (χ4n) is 1.55. The van der Waals surface area contributed by atoms with Gasteiger partial charge in [-0.15, -0.1) is 0 Å². The van der Waals surface area contributed by atoms with E-state index in [0.29, 0.717) is 17.2 Å². The predicted octanol–water partition coefficient (Wildman–Crippen LogP) is 2.97. The molecule has 92 valence electrons. The highest BCUT2D eigenvalue weighted by Crippen LogP contribution is 2.25. The molecule has 0 unspecified atom stereocenters. The lowest BCUT2D eigenvalue weighted by atomic mass is 10.1. The molecule has 0 fully saturated rings. The van der Waals surface area contributed by atoms with Crippen molar-refractivity contribution in [2.45, 2.75) is 6.92 Å². The predicted molar refractivity (Wildman–Crippen MR) is 68.4 cm³/mol. The minimum Gasteiger partial charge on any atom is -0.461 e. The number of carbonyl (C=O) groups is 1. The first-order chi connectivity index (χ1) is 8.72. The van der Waals surface area contributed by atoms with Crippen LogP contribution in [0.15, 0.2) is 36.8 Å². The first kappa shape index (κ1) is 12.5. The van der Waals surface area contributed by atoms with Gasteiger partial charge in [-0.2, -0.15) is 0 Å². The quantitative estimate of drug-likeness (QED) is 0.798. The maximum absolute atomic E-state index is 11.8. The van der Waals surface area contributed by atoms with E-state index in [1.165, 1.54) is 6.20 Å². The van der Waals surface area contributed by atoms with Crippen LogP contribution in [0.25, 0.3) is 11.1 Å². The van der Waals surface area contributed by atoms with Gasteiger partial charge in [0.15, 0.2) is 5.69 Å². The van der Waals surface area contributed by atoms with Crippen molar-refractivity contribution in [2.24, 2.45) is 0 Å². The summed E-state index contributed by atoms with van der Waals surface area (Å²) < 4.78 is 4.97. The van der Waals surface area contributed by atoms with Gasteiger partial charge in [0.2, 0.25) is 0 Å². The van der Waals surface area contributed by atoms with E-state index in [1.807, 2.05) is 0 Å². The van der Waals surface area contributed by atoms with Crippen molar-refractivity contribution in [1.29, 1.82) is 0 Å². The van der Waals surface area contributed by atoms with Crippen molar-refractivity contribution in [1.82, 2.24) is 9.97 Å². The minimum absolute atomic E-state index is 0.257. The largest absolute Gasteiger partial charge is 0.461 e. The molecule has 0 aliphatic rings. The molecule has 5 heteroatoms. The summed E-state index contributed by atoms with van der Waals surface area (Å²) in [4.78, 5) is 19.8. The molecule has 2 aromatic rings. The highest BCUT2D eigenvalue weighted by Gasteiger charge is 2.16. The topological polar surface area (TPSA) is 52.1 Å². The van der Waals surface area contributed by atoms with Crippen LogP contribution in [0, 0.1) is 0 Å². The van der Waals surface area contributed by atoms with Crippen molar-refractivity contribution >= 4 is 17.6 Å². The second-order valence-electron chi connectivity index (χ2n) is 3.51. The van der Waals surface area contributed by atoms with Crippen LogP contribution in [0.5, 0.6) is 0 Å². The highest BCUT2D eigenvalue weighted by molar-refractivity contribution is 6.30. The Kier molecular flexibility index (Phi) is 3.89. The molecular formula is C13H11ClN2O2. The van der Waals surface area contributed by atoms with E-state index in [2.05, 4.69) is 9.97 Å². The Hall–Kier alpha value is -1.94. The Morgan fingerprint density at radius 1 is 1.39 bits per heavy atom. The number of ether oxygens (including phenoxy) is 1. The number of halogens is 1. The molecule has 0 N–H and O–H groups in total. The van der Waals surface area contributed by atoms with E-state index in [9.17, 15) is 4.79 Å². The van der Waals surface area contributed by atoms with Crippen molar-refractivity contribution in [3.63, 3.8) is 0 Å². The third-order valence-corrected chi connectivity index (χ3v) is 2.52. The van der Waals surface area contributed by atoms with Crippen LogP contribution in [0.4, 0.5) is 0 Å². The van der Waals surface area contributed by atoms with Gasteiger partial charge in [0.25, 0.3) is 0 Å². The van der Waals surface area contributed by atoms with E-state index >= 15 is 0 Å². The van der Waals surface area contributed by atoms with Crippen LogP contribution >= 0.6 is 11.6 Å². The average molecular weight is 263 g/mol. The number of aromatic nitrogens is 2. The number of hydrogen-bond donors (Lipinski definition) is 0. The molecule has 2 aromatic heterocycles. The monoisotopic (exact) mass is 262 g/mol. The van der Waals surface area contributed by atoms with Gasteiger partial charge in [-0.3, -0.25) is 4.98 Å². The van der Waals surface area contributed by atoms with Gasteiger partial charge in [-0.25, -0.2) is 9.78 Å². The second kappa shape index (κ2) is 5.60. The third kappa shape index (κ3) is 2.65. The van der Waals surface area contributed by atoms with Gasteiger partial charge in [0.05, 0.1) is 11.6 Å². The molecule has 0 aliphatic heterocycles. The maximum Gasteiger partial charge on any atom is 0.357 e. The summed E-state index contributed by atoms with van der Waals surface area (Å²) in [5.41, 5.74) is 1.72. The lowest BCUT2D eigenvalue weighted by Crippen LogP contribution is -2.08. The number of esters is 1. The van der Waals surface area contributed by atoms with Crippen molar-refractivity contribution in [3.8, 4) is 11.1 Å². The number of carbonyl (C=O) groups excluding carboxylic acids is 1. The molecule has 0 aromatic carbocycles. The molecule has 0 saturated heterocycles. The average Bonchev–Trinajstić information content (AvgIpc) is 2.40. The molecule has 0 atom stereocenters. The molecule has 0 aliphatic carbocycles. The third-order valence-electron chi connectivity index (χ3n) is 2.31.